The predicted octanol–water partition coefficient (Wildman–Crippen LogP) is 1.45. The molecule has 1 N–H and O–H groups in total. The van der Waals surface area contributed by atoms with E-state index in [2.05, 4.69) is 6.07 Å². The molecular formula is C8H13NO. The molecule has 0 heterocycles. The number of nitrogens with zero attached hydrogens (tertiary/aromatic N) is 1. The third kappa shape index (κ3) is 1.15. The summed E-state index contributed by atoms with van der Waals surface area (Å²) in [6.07, 6.45) is 3.76. The van der Waals surface area contributed by atoms with Crippen molar-refractivity contribution in [3.8, 4) is 6.07 Å². The summed E-state index contributed by atoms with van der Waals surface area (Å²) < 4.78 is 0. The van der Waals surface area contributed by atoms with E-state index in [0.717, 1.165) is 25.7 Å². The summed E-state index contributed by atoms with van der Waals surface area (Å²) in [6, 6.07) is 2.10. The molecule has 0 bridgehead atoms. The topological polar surface area (TPSA) is 44.0 Å². The smallest absolute Gasteiger partial charge is 0.0802 e. The van der Waals surface area contributed by atoms with Crippen LogP contribution in [-0.2, 0) is 0 Å². The minimum absolute atomic E-state index is 0.199. The van der Waals surface area contributed by atoms with E-state index in [1.54, 1.807) is 6.92 Å². The lowest BCUT2D eigenvalue weighted by atomic mass is 9.89. The molecule has 1 atom stereocenters. The van der Waals surface area contributed by atoms with Crippen molar-refractivity contribution >= 4 is 0 Å². The van der Waals surface area contributed by atoms with Gasteiger partial charge in [0.25, 0.3) is 0 Å². The highest BCUT2D eigenvalue weighted by atomic mass is 16.3. The summed E-state index contributed by atoms with van der Waals surface area (Å²) in [5.74, 6) is -0.199. The fourth-order valence-corrected chi connectivity index (χ4v) is 1.54. The Morgan fingerprint density at radius 2 is 2.00 bits per heavy atom. The Kier molecular flexibility index (Phi) is 1.96. The van der Waals surface area contributed by atoms with Gasteiger partial charge in [-0.05, 0) is 19.8 Å². The van der Waals surface area contributed by atoms with E-state index >= 15 is 0 Å². The van der Waals surface area contributed by atoms with Gasteiger partial charge in [-0.1, -0.05) is 12.8 Å². The first-order chi connectivity index (χ1) is 4.69. The Labute approximate surface area is 61.5 Å². The van der Waals surface area contributed by atoms with Crippen LogP contribution < -0.4 is 0 Å². The van der Waals surface area contributed by atoms with Crippen molar-refractivity contribution in [2.45, 2.75) is 38.2 Å². The molecule has 1 aliphatic carbocycles. The molecule has 1 fully saturated rings. The fraction of sp³-hybridized carbons (Fsp3) is 0.875. The largest absolute Gasteiger partial charge is 0.389 e. The second-order valence-electron chi connectivity index (χ2n) is 3.16. The number of hydrogen-bond donors (Lipinski definition) is 1. The Balaban J connectivity index is 2.60. The normalized spacial score (nSPS) is 25.7. The number of aliphatic hydroxyl groups is 1. The predicted molar refractivity (Wildman–Crippen MR) is 38.2 cm³/mol. The van der Waals surface area contributed by atoms with Crippen molar-refractivity contribution < 1.29 is 5.11 Å². The van der Waals surface area contributed by atoms with Gasteiger partial charge in [-0.15, -0.1) is 0 Å². The monoisotopic (exact) mass is 139 g/mol. The van der Waals surface area contributed by atoms with Crippen LogP contribution >= 0.6 is 0 Å². The van der Waals surface area contributed by atoms with Crippen LogP contribution in [0.3, 0.4) is 0 Å². The first-order valence-electron chi connectivity index (χ1n) is 3.81. The summed E-state index contributed by atoms with van der Waals surface area (Å²) >= 11 is 0. The van der Waals surface area contributed by atoms with Gasteiger partial charge >= 0.3 is 0 Å². The van der Waals surface area contributed by atoms with Gasteiger partial charge in [-0.3, -0.25) is 0 Å². The van der Waals surface area contributed by atoms with E-state index in [9.17, 15) is 5.11 Å². The van der Waals surface area contributed by atoms with Crippen molar-refractivity contribution in [3.05, 3.63) is 0 Å². The summed E-state index contributed by atoms with van der Waals surface area (Å²) in [7, 11) is 0. The first kappa shape index (κ1) is 7.56. The van der Waals surface area contributed by atoms with Crippen LogP contribution in [0.2, 0.25) is 0 Å². The highest BCUT2D eigenvalue weighted by molar-refractivity contribution is 4.98. The van der Waals surface area contributed by atoms with Crippen LogP contribution in [0.15, 0.2) is 0 Å². The van der Waals surface area contributed by atoms with Crippen LogP contribution in [0.1, 0.15) is 32.6 Å². The van der Waals surface area contributed by atoms with Crippen molar-refractivity contribution in [2.24, 2.45) is 5.92 Å². The van der Waals surface area contributed by atoms with Crippen LogP contribution in [0, 0.1) is 17.2 Å². The Bertz CT molecular complexity index is 153. The summed E-state index contributed by atoms with van der Waals surface area (Å²) in [4.78, 5) is 0. The molecule has 1 rings (SSSR count). The zero-order chi connectivity index (χ0) is 7.61. The van der Waals surface area contributed by atoms with Gasteiger partial charge in [-0.2, -0.15) is 5.26 Å². The molecular weight excluding hydrogens is 126 g/mol. The van der Waals surface area contributed by atoms with E-state index in [4.69, 9.17) is 5.26 Å². The van der Waals surface area contributed by atoms with Gasteiger partial charge in [0.15, 0.2) is 0 Å². The molecule has 0 radical (unpaired) electrons. The number of rotatable bonds is 1. The molecule has 10 heavy (non-hydrogen) atoms. The molecule has 2 nitrogen and oxygen atoms in total. The molecule has 0 saturated heterocycles. The first-order valence-corrected chi connectivity index (χ1v) is 3.81. The Morgan fingerprint density at radius 1 is 1.50 bits per heavy atom. The third-order valence-electron chi connectivity index (χ3n) is 2.47. The third-order valence-corrected chi connectivity index (χ3v) is 2.47. The van der Waals surface area contributed by atoms with Crippen molar-refractivity contribution in [3.63, 3.8) is 0 Å². The fourth-order valence-electron chi connectivity index (χ4n) is 1.54. The molecule has 0 spiro atoms. The lowest BCUT2D eigenvalue weighted by molar-refractivity contribution is 0.0155. The van der Waals surface area contributed by atoms with Gasteiger partial charge in [0.05, 0.1) is 17.6 Å². The summed E-state index contributed by atoms with van der Waals surface area (Å²) in [5.41, 5.74) is -0.658. The highest BCUT2D eigenvalue weighted by Gasteiger charge is 2.36. The SMILES string of the molecule is CC(C#N)C1(O)CCCC1. The lowest BCUT2D eigenvalue weighted by Crippen LogP contribution is -2.31. The van der Waals surface area contributed by atoms with E-state index in [0.29, 0.717) is 0 Å². The zero-order valence-corrected chi connectivity index (χ0v) is 6.30. The lowest BCUT2D eigenvalue weighted by Gasteiger charge is -2.23. The van der Waals surface area contributed by atoms with Crippen LogP contribution in [0.4, 0.5) is 0 Å². The molecule has 0 aromatic heterocycles. The maximum atomic E-state index is 9.74. The van der Waals surface area contributed by atoms with Gasteiger partial charge in [0.1, 0.15) is 0 Å². The Morgan fingerprint density at radius 3 is 2.40 bits per heavy atom. The average Bonchev–Trinajstić information content (AvgIpc) is 2.36. The number of nitriles is 1. The maximum Gasteiger partial charge on any atom is 0.0802 e. The van der Waals surface area contributed by atoms with Gasteiger partial charge in [-0.25, -0.2) is 0 Å². The molecule has 56 valence electrons. The quantitative estimate of drug-likeness (QED) is 0.597. The summed E-state index contributed by atoms with van der Waals surface area (Å²) in [5, 5.41) is 18.3. The maximum absolute atomic E-state index is 9.74. The van der Waals surface area contributed by atoms with E-state index in [-0.39, 0.29) is 5.92 Å². The summed E-state index contributed by atoms with van der Waals surface area (Å²) in [6.45, 7) is 1.80. The van der Waals surface area contributed by atoms with Gasteiger partial charge in [0.2, 0.25) is 0 Å². The minimum Gasteiger partial charge on any atom is -0.389 e. The van der Waals surface area contributed by atoms with Crippen molar-refractivity contribution in [1.29, 1.82) is 5.26 Å². The molecule has 0 aromatic carbocycles. The molecule has 1 saturated carbocycles. The molecule has 0 amide bonds. The van der Waals surface area contributed by atoms with Gasteiger partial charge in [0, 0.05) is 0 Å². The van der Waals surface area contributed by atoms with E-state index in [1.807, 2.05) is 0 Å². The minimum atomic E-state index is -0.658. The van der Waals surface area contributed by atoms with Crippen LogP contribution in [0.25, 0.3) is 0 Å². The van der Waals surface area contributed by atoms with Crippen molar-refractivity contribution in [2.75, 3.05) is 0 Å². The standard InChI is InChI=1S/C8H13NO/c1-7(6-9)8(10)4-2-3-5-8/h7,10H,2-5H2,1H3. The van der Waals surface area contributed by atoms with Gasteiger partial charge < -0.3 is 5.11 Å². The van der Waals surface area contributed by atoms with E-state index in [1.165, 1.54) is 0 Å². The van der Waals surface area contributed by atoms with Crippen LogP contribution in [0.5, 0.6) is 0 Å². The second-order valence-corrected chi connectivity index (χ2v) is 3.16. The van der Waals surface area contributed by atoms with Crippen LogP contribution in [-0.4, -0.2) is 10.7 Å². The van der Waals surface area contributed by atoms with Crippen molar-refractivity contribution in [1.82, 2.24) is 0 Å². The molecule has 1 aliphatic rings. The molecule has 2 heteroatoms. The molecule has 0 aliphatic heterocycles. The second kappa shape index (κ2) is 2.59. The number of hydrogen-bond acceptors (Lipinski definition) is 2. The zero-order valence-electron chi connectivity index (χ0n) is 6.30. The molecule has 0 aromatic rings. The highest BCUT2D eigenvalue weighted by Crippen LogP contribution is 2.35. The van der Waals surface area contributed by atoms with E-state index < -0.39 is 5.60 Å². The Hall–Kier alpha value is -0.550. The molecule has 1 unspecified atom stereocenters. The average molecular weight is 139 g/mol.